The second-order valence-electron chi connectivity index (χ2n) is 6.94. The van der Waals surface area contributed by atoms with Gasteiger partial charge in [0.1, 0.15) is 5.69 Å². The largest absolute Gasteiger partial charge is 0.344 e. The number of hydrogen-bond acceptors (Lipinski definition) is 4. The number of carbonyl (C=O) groups excluding carboxylic acids is 1. The van der Waals surface area contributed by atoms with E-state index in [2.05, 4.69) is 26.8 Å². The highest BCUT2D eigenvalue weighted by Crippen LogP contribution is 2.18. The molecular formula is C20H25ClN6O. The van der Waals surface area contributed by atoms with Gasteiger partial charge in [-0.05, 0) is 50.1 Å². The lowest BCUT2D eigenvalue weighted by molar-refractivity contribution is 0.0933. The van der Waals surface area contributed by atoms with Crippen molar-refractivity contribution in [2.75, 3.05) is 13.1 Å². The molecule has 3 heterocycles. The van der Waals surface area contributed by atoms with E-state index in [0.29, 0.717) is 11.7 Å². The van der Waals surface area contributed by atoms with Crippen molar-refractivity contribution in [2.45, 2.75) is 31.8 Å². The van der Waals surface area contributed by atoms with Gasteiger partial charge >= 0.3 is 0 Å². The summed E-state index contributed by atoms with van der Waals surface area (Å²) in [6, 6.07) is 10.1. The number of halogens is 1. The van der Waals surface area contributed by atoms with Crippen LogP contribution in [0.4, 0.5) is 0 Å². The van der Waals surface area contributed by atoms with E-state index < -0.39 is 0 Å². The van der Waals surface area contributed by atoms with Gasteiger partial charge in [-0.1, -0.05) is 12.1 Å². The first-order chi connectivity index (χ1) is 13.2. The Morgan fingerprint density at radius 1 is 1.32 bits per heavy atom. The van der Waals surface area contributed by atoms with E-state index in [1.807, 2.05) is 46.8 Å². The van der Waals surface area contributed by atoms with Crippen LogP contribution in [0, 0.1) is 0 Å². The number of nitrogens with zero attached hydrogens (tertiary/aromatic N) is 4. The first-order valence-corrected chi connectivity index (χ1v) is 9.36. The summed E-state index contributed by atoms with van der Waals surface area (Å²) in [4.78, 5) is 16.7. The normalized spacial score (nSPS) is 17.5. The molecule has 4 rings (SSSR count). The smallest absolute Gasteiger partial charge is 0.272 e. The number of piperidine rings is 1. The highest BCUT2D eigenvalue weighted by Gasteiger charge is 2.19. The predicted octanol–water partition coefficient (Wildman–Crippen LogP) is 2.91. The van der Waals surface area contributed by atoms with Crippen LogP contribution in [0.15, 0.2) is 55.2 Å². The number of benzene rings is 1. The molecule has 1 aliphatic rings. The minimum Gasteiger partial charge on any atom is -0.344 e. The molecule has 1 aromatic carbocycles. The van der Waals surface area contributed by atoms with E-state index in [9.17, 15) is 4.79 Å². The van der Waals surface area contributed by atoms with E-state index >= 15 is 0 Å². The van der Waals surface area contributed by atoms with Gasteiger partial charge in [-0.15, -0.1) is 12.4 Å². The third-order valence-corrected chi connectivity index (χ3v) is 5.01. The SMILES string of the molecule is CC(NC(=O)c1ccn(C2CCCNC2)n1)c1cccc(-n2ccnc2)c1.Cl. The summed E-state index contributed by atoms with van der Waals surface area (Å²) in [5.41, 5.74) is 2.50. The maximum Gasteiger partial charge on any atom is 0.272 e. The molecule has 2 N–H and O–H groups in total. The molecule has 1 fully saturated rings. The molecule has 1 aliphatic heterocycles. The molecule has 28 heavy (non-hydrogen) atoms. The number of rotatable bonds is 5. The van der Waals surface area contributed by atoms with Crippen LogP contribution in [0.2, 0.25) is 0 Å². The molecule has 1 amide bonds. The Morgan fingerprint density at radius 2 is 2.21 bits per heavy atom. The summed E-state index contributed by atoms with van der Waals surface area (Å²) in [7, 11) is 0. The lowest BCUT2D eigenvalue weighted by atomic mass is 10.1. The van der Waals surface area contributed by atoms with Crippen molar-refractivity contribution in [1.29, 1.82) is 0 Å². The van der Waals surface area contributed by atoms with Crippen LogP contribution >= 0.6 is 12.4 Å². The second kappa shape index (κ2) is 9.03. The van der Waals surface area contributed by atoms with Gasteiger partial charge in [0, 0.05) is 30.8 Å². The average molecular weight is 401 g/mol. The van der Waals surface area contributed by atoms with Crippen LogP contribution in [0.5, 0.6) is 0 Å². The quantitative estimate of drug-likeness (QED) is 0.690. The van der Waals surface area contributed by atoms with Crippen LogP contribution in [0.1, 0.15) is 47.9 Å². The number of hydrogen-bond donors (Lipinski definition) is 2. The van der Waals surface area contributed by atoms with Gasteiger partial charge in [-0.25, -0.2) is 4.98 Å². The van der Waals surface area contributed by atoms with Crippen molar-refractivity contribution in [1.82, 2.24) is 30.0 Å². The number of carbonyl (C=O) groups is 1. The monoisotopic (exact) mass is 400 g/mol. The molecule has 148 valence electrons. The van der Waals surface area contributed by atoms with Crippen molar-refractivity contribution in [3.63, 3.8) is 0 Å². The van der Waals surface area contributed by atoms with E-state index in [-0.39, 0.29) is 24.4 Å². The van der Waals surface area contributed by atoms with Crippen molar-refractivity contribution < 1.29 is 4.79 Å². The zero-order chi connectivity index (χ0) is 18.6. The summed E-state index contributed by atoms with van der Waals surface area (Å²) in [6.07, 6.45) is 9.53. The molecular weight excluding hydrogens is 376 g/mol. The summed E-state index contributed by atoms with van der Waals surface area (Å²) < 4.78 is 3.85. The van der Waals surface area contributed by atoms with Crippen molar-refractivity contribution in [3.8, 4) is 5.69 Å². The molecule has 0 bridgehead atoms. The minimum absolute atomic E-state index is 0. The fraction of sp³-hybridized carbons (Fsp3) is 0.350. The predicted molar refractivity (Wildman–Crippen MR) is 110 cm³/mol. The summed E-state index contributed by atoms with van der Waals surface area (Å²) in [5, 5.41) is 10.9. The Hall–Kier alpha value is -2.64. The molecule has 0 aliphatic carbocycles. The lowest BCUT2D eigenvalue weighted by Gasteiger charge is -2.22. The number of imidazole rings is 1. The minimum atomic E-state index is -0.155. The Labute approximate surface area is 170 Å². The molecule has 2 atom stereocenters. The van der Waals surface area contributed by atoms with Crippen LogP contribution in [0.25, 0.3) is 5.69 Å². The van der Waals surface area contributed by atoms with E-state index in [1.165, 1.54) is 0 Å². The van der Waals surface area contributed by atoms with Crippen LogP contribution in [-0.4, -0.2) is 38.3 Å². The van der Waals surface area contributed by atoms with Crippen molar-refractivity contribution in [2.24, 2.45) is 0 Å². The molecule has 3 aromatic rings. The zero-order valence-corrected chi connectivity index (χ0v) is 16.6. The molecule has 2 unspecified atom stereocenters. The maximum atomic E-state index is 12.6. The third-order valence-electron chi connectivity index (χ3n) is 5.01. The Morgan fingerprint density at radius 3 is 2.96 bits per heavy atom. The molecule has 0 spiro atoms. The van der Waals surface area contributed by atoms with Gasteiger partial charge in [0.15, 0.2) is 0 Å². The van der Waals surface area contributed by atoms with Crippen LogP contribution in [-0.2, 0) is 0 Å². The number of nitrogens with one attached hydrogen (secondary N) is 2. The van der Waals surface area contributed by atoms with Crippen LogP contribution < -0.4 is 10.6 Å². The van der Waals surface area contributed by atoms with Gasteiger partial charge in [0.25, 0.3) is 5.91 Å². The van der Waals surface area contributed by atoms with Gasteiger partial charge in [0.05, 0.1) is 18.4 Å². The van der Waals surface area contributed by atoms with Gasteiger partial charge < -0.3 is 15.2 Å². The zero-order valence-electron chi connectivity index (χ0n) is 15.8. The van der Waals surface area contributed by atoms with Crippen molar-refractivity contribution in [3.05, 3.63) is 66.5 Å². The van der Waals surface area contributed by atoms with Gasteiger partial charge in [-0.3, -0.25) is 9.48 Å². The summed E-state index contributed by atoms with van der Waals surface area (Å²) in [5.74, 6) is -0.155. The topological polar surface area (TPSA) is 76.8 Å². The molecule has 8 heteroatoms. The maximum absolute atomic E-state index is 12.6. The first-order valence-electron chi connectivity index (χ1n) is 9.36. The van der Waals surface area contributed by atoms with E-state index in [0.717, 1.165) is 37.2 Å². The Balaban J connectivity index is 0.00000225. The first kappa shape index (κ1) is 20.1. The highest BCUT2D eigenvalue weighted by atomic mass is 35.5. The number of aromatic nitrogens is 4. The fourth-order valence-corrected chi connectivity index (χ4v) is 3.44. The molecule has 0 saturated carbocycles. The highest BCUT2D eigenvalue weighted by molar-refractivity contribution is 5.92. The van der Waals surface area contributed by atoms with Gasteiger partial charge in [-0.2, -0.15) is 5.10 Å². The molecule has 1 saturated heterocycles. The lowest BCUT2D eigenvalue weighted by Crippen LogP contribution is -2.32. The molecule has 7 nitrogen and oxygen atoms in total. The van der Waals surface area contributed by atoms with E-state index in [4.69, 9.17) is 0 Å². The Kier molecular flexibility index (Phi) is 6.49. The van der Waals surface area contributed by atoms with Crippen molar-refractivity contribution >= 4 is 18.3 Å². The van der Waals surface area contributed by atoms with Gasteiger partial charge in [0.2, 0.25) is 0 Å². The third kappa shape index (κ3) is 4.43. The summed E-state index contributed by atoms with van der Waals surface area (Å²) in [6.45, 7) is 3.94. The molecule has 2 aromatic heterocycles. The van der Waals surface area contributed by atoms with E-state index in [1.54, 1.807) is 18.6 Å². The second-order valence-corrected chi connectivity index (χ2v) is 6.94. The molecule has 0 radical (unpaired) electrons. The fourth-order valence-electron chi connectivity index (χ4n) is 3.44. The summed E-state index contributed by atoms with van der Waals surface area (Å²) >= 11 is 0. The standard InChI is InChI=1S/C20H24N6O.ClH/c1-15(16-4-2-5-17(12-16)25-11-9-22-14-25)23-20(27)19-7-10-26(24-19)18-6-3-8-21-13-18;/h2,4-5,7,9-12,14-15,18,21H,3,6,8,13H2,1H3,(H,23,27);1H. The average Bonchev–Trinajstić information content (AvgIpc) is 3.41. The number of amides is 1. The van der Waals surface area contributed by atoms with Crippen LogP contribution in [0.3, 0.4) is 0 Å². The Bertz CT molecular complexity index is 901.